The third kappa shape index (κ3) is 4.03. The number of nitrogens with two attached hydrogens (primary N) is 1. The first-order valence-electron chi connectivity index (χ1n) is 6.12. The molecule has 2 rings (SSSR count). The maximum atomic E-state index is 13.3. The number of rotatable bonds is 4. The topological polar surface area (TPSA) is 72.2 Å². The number of benzene rings is 2. The van der Waals surface area contributed by atoms with Gasteiger partial charge < -0.3 is 5.73 Å². The molecule has 0 aromatic heterocycles. The number of sulfonamides is 1. The van der Waals surface area contributed by atoms with E-state index in [1.54, 1.807) is 13.0 Å². The lowest BCUT2D eigenvalue weighted by Crippen LogP contribution is -2.27. The molecular formula is C14H14BrFN2O2S. The van der Waals surface area contributed by atoms with Gasteiger partial charge in [-0.05, 0) is 42.8 Å². The van der Waals surface area contributed by atoms with Crippen LogP contribution in [0.2, 0.25) is 0 Å². The molecule has 0 fully saturated rings. The van der Waals surface area contributed by atoms with E-state index in [0.717, 1.165) is 22.2 Å². The minimum atomic E-state index is -3.85. The number of hydrogen-bond acceptors (Lipinski definition) is 3. The number of nitrogens with one attached hydrogen (secondary N) is 1. The Bertz CT molecular complexity index is 745. The van der Waals surface area contributed by atoms with Crippen LogP contribution < -0.4 is 10.5 Å². The summed E-state index contributed by atoms with van der Waals surface area (Å²) in [6, 6.07) is 10.0. The van der Waals surface area contributed by atoms with Crippen LogP contribution in [0.15, 0.2) is 51.8 Å². The van der Waals surface area contributed by atoms with Gasteiger partial charge in [0.15, 0.2) is 0 Å². The zero-order valence-electron chi connectivity index (χ0n) is 11.2. The Labute approximate surface area is 131 Å². The average Bonchev–Trinajstić information content (AvgIpc) is 2.37. The summed E-state index contributed by atoms with van der Waals surface area (Å²) < 4.78 is 41.2. The summed E-state index contributed by atoms with van der Waals surface area (Å²) in [6.45, 7) is 1.71. The smallest absolute Gasteiger partial charge is 0.241 e. The monoisotopic (exact) mass is 372 g/mol. The molecule has 4 nitrogen and oxygen atoms in total. The van der Waals surface area contributed by atoms with Crippen LogP contribution in [0.1, 0.15) is 18.5 Å². The highest BCUT2D eigenvalue weighted by Crippen LogP contribution is 2.21. The van der Waals surface area contributed by atoms with Crippen molar-refractivity contribution < 1.29 is 12.8 Å². The van der Waals surface area contributed by atoms with Crippen molar-refractivity contribution in [1.29, 1.82) is 0 Å². The molecule has 0 aliphatic carbocycles. The highest BCUT2D eigenvalue weighted by Gasteiger charge is 2.19. The SMILES string of the molecule is CC(NS(=O)(=O)c1cc(N)cc(F)c1)c1cccc(Br)c1. The molecule has 0 bridgehead atoms. The maximum Gasteiger partial charge on any atom is 0.241 e. The molecule has 1 atom stereocenters. The molecule has 0 spiro atoms. The fraction of sp³-hybridized carbons (Fsp3) is 0.143. The number of hydrogen-bond donors (Lipinski definition) is 2. The Hall–Kier alpha value is -1.44. The van der Waals surface area contributed by atoms with Crippen LogP contribution >= 0.6 is 15.9 Å². The van der Waals surface area contributed by atoms with Crippen molar-refractivity contribution in [2.24, 2.45) is 0 Å². The van der Waals surface area contributed by atoms with Crippen LogP contribution in [0.25, 0.3) is 0 Å². The normalized spacial score (nSPS) is 13.1. The summed E-state index contributed by atoms with van der Waals surface area (Å²) in [7, 11) is -3.85. The van der Waals surface area contributed by atoms with Crippen LogP contribution in [-0.4, -0.2) is 8.42 Å². The minimum absolute atomic E-state index is 0.0606. The second-order valence-electron chi connectivity index (χ2n) is 4.62. The molecule has 1 unspecified atom stereocenters. The first-order chi connectivity index (χ1) is 9.78. The lowest BCUT2D eigenvalue weighted by molar-refractivity contribution is 0.564. The average molecular weight is 373 g/mol. The van der Waals surface area contributed by atoms with Crippen LogP contribution in [0, 0.1) is 5.82 Å². The van der Waals surface area contributed by atoms with E-state index in [1.807, 2.05) is 18.2 Å². The van der Waals surface area contributed by atoms with Gasteiger partial charge in [0.1, 0.15) is 5.82 Å². The predicted octanol–water partition coefficient (Wildman–Crippen LogP) is 3.21. The molecule has 3 N–H and O–H groups in total. The molecule has 0 saturated carbocycles. The van der Waals surface area contributed by atoms with Gasteiger partial charge in [0.2, 0.25) is 10.0 Å². The largest absolute Gasteiger partial charge is 0.399 e. The van der Waals surface area contributed by atoms with Crippen molar-refractivity contribution in [3.05, 3.63) is 58.3 Å². The zero-order valence-corrected chi connectivity index (χ0v) is 13.6. The molecular weight excluding hydrogens is 359 g/mol. The Morgan fingerprint density at radius 3 is 2.57 bits per heavy atom. The fourth-order valence-corrected chi connectivity index (χ4v) is 3.60. The molecule has 2 aromatic carbocycles. The first-order valence-corrected chi connectivity index (χ1v) is 8.39. The van der Waals surface area contributed by atoms with Gasteiger partial charge in [-0.15, -0.1) is 0 Å². The third-order valence-corrected chi connectivity index (χ3v) is 4.90. The van der Waals surface area contributed by atoms with Crippen molar-refractivity contribution in [2.75, 3.05) is 5.73 Å². The van der Waals surface area contributed by atoms with Gasteiger partial charge >= 0.3 is 0 Å². The third-order valence-electron chi connectivity index (χ3n) is 2.88. The van der Waals surface area contributed by atoms with Crippen molar-refractivity contribution >= 4 is 31.6 Å². The molecule has 7 heteroatoms. The molecule has 0 heterocycles. The van der Waals surface area contributed by atoms with Crippen molar-refractivity contribution in [3.63, 3.8) is 0 Å². The van der Waals surface area contributed by atoms with Gasteiger partial charge in [-0.3, -0.25) is 0 Å². The lowest BCUT2D eigenvalue weighted by atomic mass is 10.1. The quantitative estimate of drug-likeness (QED) is 0.809. The van der Waals surface area contributed by atoms with Crippen molar-refractivity contribution in [2.45, 2.75) is 17.9 Å². The van der Waals surface area contributed by atoms with E-state index in [1.165, 1.54) is 6.07 Å². The number of halogens is 2. The van der Waals surface area contributed by atoms with E-state index in [2.05, 4.69) is 20.7 Å². The van der Waals surface area contributed by atoms with Crippen LogP contribution in [0.4, 0.5) is 10.1 Å². The summed E-state index contributed by atoms with van der Waals surface area (Å²) in [5.41, 5.74) is 6.33. The Balaban J connectivity index is 2.28. The molecule has 21 heavy (non-hydrogen) atoms. The summed E-state index contributed by atoms with van der Waals surface area (Å²) in [6.07, 6.45) is 0. The van der Waals surface area contributed by atoms with E-state index in [4.69, 9.17) is 5.73 Å². The molecule has 2 aromatic rings. The standard InChI is InChI=1S/C14H14BrFN2O2S/c1-9(10-3-2-4-11(15)5-10)18-21(19,20)14-7-12(16)6-13(17)8-14/h2-9,18H,17H2,1H3. The Kier molecular flexibility index (Phi) is 4.65. The Morgan fingerprint density at radius 1 is 1.24 bits per heavy atom. The van der Waals surface area contributed by atoms with Crippen LogP contribution in [0.5, 0.6) is 0 Å². The van der Waals surface area contributed by atoms with Crippen molar-refractivity contribution in [1.82, 2.24) is 4.72 Å². The first kappa shape index (κ1) is 15.9. The van der Waals surface area contributed by atoms with Gasteiger partial charge in [-0.25, -0.2) is 17.5 Å². The van der Waals surface area contributed by atoms with Gasteiger partial charge in [-0.1, -0.05) is 28.1 Å². The second-order valence-corrected chi connectivity index (χ2v) is 7.25. The molecule has 0 aliphatic heterocycles. The fourth-order valence-electron chi connectivity index (χ4n) is 1.88. The summed E-state index contributed by atoms with van der Waals surface area (Å²) in [4.78, 5) is -0.193. The second kappa shape index (κ2) is 6.13. The zero-order chi connectivity index (χ0) is 15.6. The maximum absolute atomic E-state index is 13.3. The van der Waals surface area contributed by atoms with E-state index >= 15 is 0 Å². The summed E-state index contributed by atoms with van der Waals surface area (Å²) in [5, 5.41) is 0. The summed E-state index contributed by atoms with van der Waals surface area (Å²) in [5.74, 6) is -0.689. The van der Waals surface area contributed by atoms with Gasteiger partial charge in [0.25, 0.3) is 0 Å². The molecule has 0 saturated heterocycles. The van der Waals surface area contributed by atoms with Crippen molar-refractivity contribution in [3.8, 4) is 0 Å². The Morgan fingerprint density at radius 2 is 1.95 bits per heavy atom. The number of anilines is 1. The highest BCUT2D eigenvalue weighted by atomic mass is 79.9. The van der Waals surface area contributed by atoms with E-state index in [0.29, 0.717) is 0 Å². The van der Waals surface area contributed by atoms with Gasteiger partial charge in [0, 0.05) is 16.2 Å². The van der Waals surface area contributed by atoms with Gasteiger partial charge in [-0.2, -0.15) is 0 Å². The van der Waals surface area contributed by atoms with Crippen LogP contribution in [0.3, 0.4) is 0 Å². The number of nitrogen functional groups attached to an aromatic ring is 1. The molecule has 0 aliphatic rings. The minimum Gasteiger partial charge on any atom is -0.399 e. The molecule has 0 amide bonds. The van der Waals surface area contributed by atoms with E-state index in [-0.39, 0.29) is 10.6 Å². The van der Waals surface area contributed by atoms with E-state index in [9.17, 15) is 12.8 Å². The molecule has 0 radical (unpaired) electrons. The van der Waals surface area contributed by atoms with E-state index < -0.39 is 21.9 Å². The highest BCUT2D eigenvalue weighted by molar-refractivity contribution is 9.10. The van der Waals surface area contributed by atoms with Crippen LogP contribution in [-0.2, 0) is 10.0 Å². The predicted molar refractivity (Wildman–Crippen MR) is 83.7 cm³/mol. The molecule has 112 valence electrons. The lowest BCUT2D eigenvalue weighted by Gasteiger charge is -2.15. The summed E-state index contributed by atoms with van der Waals surface area (Å²) >= 11 is 3.33. The van der Waals surface area contributed by atoms with Gasteiger partial charge in [0.05, 0.1) is 4.90 Å².